The number of methoxy groups -OCH3 is 1. The molecule has 4 heteroatoms. The van der Waals surface area contributed by atoms with Gasteiger partial charge in [0.15, 0.2) is 0 Å². The first-order valence-corrected chi connectivity index (χ1v) is 5.75. The van der Waals surface area contributed by atoms with Gasteiger partial charge in [-0.25, -0.2) is 4.39 Å². The SMILES string of the molecule is COCCCCNCc1ccc(F)c(Cl)c1. The van der Waals surface area contributed by atoms with E-state index in [0.717, 1.165) is 31.6 Å². The quantitative estimate of drug-likeness (QED) is 0.746. The van der Waals surface area contributed by atoms with Crippen LogP contribution >= 0.6 is 11.6 Å². The molecule has 0 aliphatic heterocycles. The molecule has 0 saturated carbocycles. The highest BCUT2D eigenvalue weighted by Crippen LogP contribution is 2.15. The highest BCUT2D eigenvalue weighted by Gasteiger charge is 2.00. The van der Waals surface area contributed by atoms with Crippen molar-refractivity contribution in [2.45, 2.75) is 19.4 Å². The van der Waals surface area contributed by atoms with Gasteiger partial charge in [0.25, 0.3) is 0 Å². The van der Waals surface area contributed by atoms with Gasteiger partial charge >= 0.3 is 0 Å². The lowest BCUT2D eigenvalue weighted by atomic mass is 10.2. The van der Waals surface area contributed by atoms with Gasteiger partial charge in [-0.2, -0.15) is 0 Å². The third-order valence-corrected chi connectivity index (χ3v) is 2.55. The van der Waals surface area contributed by atoms with E-state index in [4.69, 9.17) is 16.3 Å². The van der Waals surface area contributed by atoms with Gasteiger partial charge in [0, 0.05) is 20.3 Å². The molecule has 0 bridgehead atoms. The molecule has 0 heterocycles. The summed E-state index contributed by atoms with van der Waals surface area (Å²) in [5.74, 6) is -0.370. The molecule has 1 aromatic carbocycles. The number of ether oxygens (including phenoxy) is 1. The van der Waals surface area contributed by atoms with E-state index in [2.05, 4.69) is 5.32 Å². The van der Waals surface area contributed by atoms with Crippen LogP contribution in [0, 0.1) is 5.82 Å². The van der Waals surface area contributed by atoms with Gasteiger partial charge in [0.1, 0.15) is 5.82 Å². The summed E-state index contributed by atoms with van der Waals surface area (Å²) in [7, 11) is 1.70. The maximum absolute atomic E-state index is 12.9. The molecule has 1 aromatic rings. The Morgan fingerprint density at radius 2 is 2.19 bits per heavy atom. The van der Waals surface area contributed by atoms with Crippen molar-refractivity contribution in [2.75, 3.05) is 20.3 Å². The minimum Gasteiger partial charge on any atom is -0.385 e. The van der Waals surface area contributed by atoms with Crippen molar-refractivity contribution in [1.29, 1.82) is 0 Å². The average molecular weight is 246 g/mol. The van der Waals surface area contributed by atoms with Crippen molar-refractivity contribution < 1.29 is 9.13 Å². The topological polar surface area (TPSA) is 21.3 Å². The summed E-state index contributed by atoms with van der Waals surface area (Å²) in [6.45, 7) is 2.44. The zero-order valence-electron chi connectivity index (χ0n) is 9.43. The van der Waals surface area contributed by atoms with Gasteiger partial charge in [-0.3, -0.25) is 0 Å². The van der Waals surface area contributed by atoms with Gasteiger partial charge in [-0.15, -0.1) is 0 Å². The van der Waals surface area contributed by atoms with Crippen LogP contribution in [0.1, 0.15) is 18.4 Å². The molecule has 0 spiro atoms. The Bertz CT molecular complexity index is 320. The number of rotatable bonds is 7. The summed E-state index contributed by atoms with van der Waals surface area (Å²) in [5, 5.41) is 3.45. The Morgan fingerprint density at radius 1 is 1.38 bits per heavy atom. The minimum absolute atomic E-state index is 0.179. The van der Waals surface area contributed by atoms with Crippen LogP contribution in [0.5, 0.6) is 0 Å². The number of benzene rings is 1. The Balaban J connectivity index is 2.19. The fraction of sp³-hybridized carbons (Fsp3) is 0.500. The smallest absolute Gasteiger partial charge is 0.141 e. The highest BCUT2D eigenvalue weighted by molar-refractivity contribution is 6.30. The first kappa shape index (κ1) is 13.4. The zero-order chi connectivity index (χ0) is 11.8. The van der Waals surface area contributed by atoms with Crippen molar-refractivity contribution >= 4 is 11.6 Å². The summed E-state index contributed by atoms with van der Waals surface area (Å²) in [6, 6.07) is 4.78. The second-order valence-electron chi connectivity index (χ2n) is 3.63. The molecular formula is C12H17ClFNO. The van der Waals surface area contributed by atoms with Crippen LogP contribution in [0.25, 0.3) is 0 Å². The molecule has 90 valence electrons. The second kappa shape index (κ2) is 7.60. The molecule has 1 rings (SSSR count). The molecule has 0 saturated heterocycles. The fourth-order valence-electron chi connectivity index (χ4n) is 1.38. The Morgan fingerprint density at radius 3 is 2.88 bits per heavy atom. The predicted molar refractivity (Wildman–Crippen MR) is 64.2 cm³/mol. The molecule has 0 aliphatic rings. The standard InChI is InChI=1S/C12H17ClFNO/c1-16-7-3-2-6-15-9-10-4-5-12(14)11(13)8-10/h4-5,8,15H,2-3,6-7,9H2,1H3. The van der Waals surface area contributed by atoms with Crippen LogP contribution in [0.2, 0.25) is 5.02 Å². The largest absolute Gasteiger partial charge is 0.385 e. The van der Waals surface area contributed by atoms with Crippen molar-refractivity contribution in [3.63, 3.8) is 0 Å². The van der Waals surface area contributed by atoms with E-state index >= 15 is 0 Å². The number of halogens is 2. The fourth-order valence-corrected chi connectivity index (χ4v) is 1.58. The first-order valence-electron chi connectivity index (χ1n) is 5.37. The van der Waals surface area contributed by atoms with Crippen LogP contribution in [0.15, 0.2) is 18.2 Å². The van der Waals surface area contributed by atoms with E-state index in [1.54, 1.807) is 19.2 Å². The second-order valence-corrected chi connectivity index (χ2v) is 4.03. The van der Waals surface area contributed by atoms with E-state index < -0.39 is 0 Å². The van der Waals surface area contributed by atoms with E-state index in [-0.39, 0.29) is 10.8 Å². The van der Waals surface area contributed by atoms with Crippen LogP contribution in [-0.4, -0.2) is 20.3 Å². The summed E-state index contributed by atoms with van der Waals surface area (Å²) in [5.41, 5.74) is 0.998. The molecule has 16 heavy (non-hydrogen) atoms. The van der Waals surface area contributed by atoms with Crippen LogP contribution in [0.3, 0.4) is 0 Å². The van der Waals surface area contributed by atoms with Crippen molar-refractivity contribution in [3.05, 3.63) is 34.6 Å². The Labute approximate surface area is 101 Å². The lowest BCUT2D eigenvalue weighted by molar-refractivity contribution is 0.192. The van der Waals surface area contributed by atoms with Crippen molar-refractivity contribution in [3.8, 4) is 0 Å². The van der Waals surface area contributed by atoms with Crippen LogP contribution in [0.4, 0.5) is 4.39 Å². The highest BCUT2D eigenvalue weighted by atomic mass is 35.5. The third-order valence-electron chi connectivity index (χ3n) is 2.27. The zero-order valence-corrected chi connectivity index (χ0v) is 10.2. The molecule has 0 amide bonds. The monoisotopic (exact) mass is 245 g/mol. The molecule has 0 unspecified atom stereocenters. The molecule has 0 aromatic heterocycles. The maximum atomic E-state index is 12.9. The molecular weight excluding hydrogens is 229 g/mol. The van der Waals surface area contributed by atoms with Gasteiger partial charge < -0.3 is 10.1 Å². The van der Waals surface area contributed by atoms with Crippen molar-refractivity contribution in [2.24, 2.45) is 0 Å². The van der Waals surface area contributed by atoms with E-state index in [9.17, 15) is 4.39 Å². The maximum Gasteiger partial charge on any atom is 0.141 e. The van der Waals surface area contributed by atoms with Gasteiger partial charge in [0.05, 0.1) is 5.02 Å². The number of hydrogen-bond acceptors (Lipinski definition) is 2. The summed E-state index contributed by atoms with van der Waals surface area (Å²) in [4.78, 5) is 0. The number of hydrogen-bond donors (Lipinski definition) is 1. The first-order chi connectivity index (χ1) is 7.74. The Hall–Kier alpha value is -0.640. The van der Waals surface area contributed by atoms with Gasteiger partial charge in [-0.1, -0.05) is 17.7 Å². The van der Waals surface area contributed by atoms with E-state index in [1.807, 2.05) is 0 Å². The minimum atomic E-state index is -0.370. The summed E-state index contributed by atoms with van der Waals surface area (Å²) >= 11 is 5.68. The molecule has 0 atom stereocenters. The van der Waals surface area contributed by atoms with Gasteiger partial charge in [0.2, 0.25) is 0 Å². The average Bonchev–Trinajstić information content (AvgIpc) is 2.28. The molecule has 0 fully saturated rings. The summed E-state index contributed by atoms with van der Waals surface area (Å²) in [6.07, 6.45) is 2.12. The number of unbranched alkanes of at least 4 members (excludes halogenated alkanes) is 1. The van der Waals surface area contributed by atoms with E-state index in [1.165, 1.54) is 6.07 Å². The molecule has 0 radical (unpaired) electrons. The van der Waals surface area contributed by atoms with Crippen molar-refractivity contribution in [1.82, 2.24) is 5.32 Å². The van der Waals surface area contributed by atoms with Crippen LogP contribution in [-0.2, 0) is 11.3 Å². The third kappa shape index (κ3) is 4.92. The predicted octanol–water partition coefficient (Wildman–Crippen LogP) is 3.00. The van der Waals surface area contributed by atoms with E-state index in [0.29, 0.717) is 6.54 Å². The molecule has 0 aliphatic carbocycles. The Kier molecular flexibility index (Phi) is 6.38. The molecule has 1 N–H and O–H groups in total. The normalized spacial score (nSPS) is 10.7. The lowest BCUT2D eigenvalue weighted by Gasteiger charge is -2.05. The van der Waals surface area contributed by atoms with Crippen LogP contribution < -0.4 is 5.32 Å². The molecule has 2 nitrogen and oxygen atoms in total. The lowest BCUT2D eigenvalue weighted by Crippen LogP contribution is -2.15. The summed E-state index contributed by atoms with van der Waals surface area (Å²) < 4.78 is 17.8. The number of nitrogens with one attached hydrogen (secondary N) is 1. The van der Waals surface area contributed by atoms with Gasteiger partial charge in [-0.05, 0) is 37.1 Å².